The number of benzene rings is 2. The van der Waals surface area contributed by atoms with Crippen molar-refractivity contribution in [3.8, 4) is 5.75 Å². The van der Waals surface area contributed by atoms with Crippen LogP contribution in [0.15, 0.2) is 60.0 Å². The number of para-hydroxylation sites is 1. The third-order valence-electron chi connectivity index (χ3n) is 5.01. The Morgan fingerprint density at radius 1 is 1.03 bits per heavy atom. The molecule has 1 aliphatic heterocycles. The van der Waals surface area contributed by atoms with E-state index in [0.717, 1.165) is 13.0 Å². The third kappa shape index (κ3) is 9.85. The van der Waals surface area contributed by atoms with Gasteiger partial charge in [0.1, 0.15) is 17.4 Å². The van der Waals surface area contributed by atoms with Crippen molar-refractivity contribution >= 4 is 51.2 Å². The van der Waals surface area contributed by atoms with E-state index in [1.807, 2.05) is 17.0 Å². The fraction of sp³-hybridized carbons (Fsp3) is 0.208. The van der Waals surface area contributed by atoms with Crippen LogP contribution < -0.4 is 4.74 Å². The molecule has 2 aromatic carbocycles. The Bertz CT molecular complexity index is 1380. The van der Waals surface area contributed by atoms with Crippen LogP contribution in [0, 0.1) is 0 Å². The summed E-state index contributed by atoms with van der Waals surface area (Å²) in [6.45, 7) is 2.63. The zero-order valence-corrected chi connectivity index (χ0v) is 22.2. The summed E-state index contributed by atoms with van der Waals surface area (Å²) in [6, 6.07) is 14.6. The summed E-state index contributed by atoms with van der Waals surface area (Å²) in [6.07, 6.45) is 0.904. The maximum Gasteiger partial charge on any atom is 0.394 e. The molecule has 0 spiro atoms. The van der Waals surface area contributed by atoms with Gasteiger partial charge in [-0.2, -0.15) is 8.42 Å². The van der Waals surface area contributed by atoms with E-state index in [9.17, 15) is 19.5 Å². The fourth-order valence-corrected chi connectivity index (χ4v) is 4.69. The molecule has 0 bridgehead atoms. The summed E-state index contributed by atoms with van der Waals surface area (Å²) in [4.78, 5) is 36.2. The van der Waals surface area contributed by atoms with Crippen molar-refractivity contribution in [2.75, 3.05) is 6.54 Å². The van der Waals surface area contributed by atoms with Gasteiger partial charge in [-0.05, 0) is 47.2 Å². The molecule has 0 saturated heterocycles. The predicted molar refractivity (Wildman–Crippen MR) is 139 cm³/mol. The molecule has 2 heterocycles. The van der Waals surface area contributed by atoms with E-state index >= 15 is 0 Å². The number of thiophene rings is 1. The molecule has 1 atom stereocenters. The summed E-state index contributed by atoms with van der Waals surface area (Å²) in [7, 11) is -4.67. The van der Waals surface area contributed by atoms with E-state index in [2.05, 4.69) is 16.2 Å². The largest absolute Gasteiger partial charge is 0.480 e. The zero-order valence-electron chi connectivity index (χ0n) is 19.9. The van der Waals surface area contributed by atoms with Gasteiger partial charge in [-0.1, -0.05) is 41.9 Å². The number of carboxylic acid groups (broad SMARTS) is 2. The molecule has 3 aromatic rings. The highest BCUT2D eigenvalue weighted by molar-refractivity contribution is 7.79. The van der Waals surface area contributed by atoms with Gasteiger partial charge >= 0.3 is 28.3 Å². The smallest absolute Gasteiger partial charge is 0.394 e. The lowest BCUT2D eigenvalue weighted by Crippen LogP contribution is -2.37. The van der Waals surface area contributed by atoms with Crippen LogP contribution in [-0.4, -0.2) is 57.1 Å². The van der Waals surface area contributed by atoms with Gasteiger partial charge in [0, 0.05) is 29.9 Å². The second kappa shape index (κ2) is 14.0. The van der Waals surface area contributed by atoms with Crippen LogP contribution in [0.3, 0.4) is 0 Å². The number of carboxylic acids is 2. The minimum absolute atomic E-state index is 0.0160. The Hall–Kier alpha value is -3.33. The Labute approximate surface area is 227 Å². The molecule has 0 amide bonds. The minimum Gasteiger partial charge on any atom is -0.480 e. The molecule has 0 aliphatic carbocycles. The molecule has 204 valence electrons. The first-order chi connectivity index (χ1) is 17.8. The number of fused-ring (bicyclic) bond motifs is 1. The summed E-state index contributed by atoms with van der Waals surface area (Å²) in [5, 5.41) is 20.9. The van der Waals surface area contributed by atoms with Crippen LogP contribution in [0.1, 0.15) is 39.3 Å². The summed E-state index contributed by atoms with van der Waals surface area (Å²) in [5.74, 6) is -2.43. The predicted octanol–water partition coefficient (Wildman–Crippen LogP) is 4.24. The van der Waals surface area contributed by atoms with E-state index < -0.39 is 34.3 Å². The topological polar surface area (TPSA) is 179 Å². The maximum absolute atomic E-state index is 11.7. The number of aliphatic carboxylic acids is 1. The first kappa shape index (κ1) is 30.9. The number of ether oxygens (including phenoxy) is 1. The number of hydrogen-bond acceptors (Lipinski definition) is 8. The normalized spacial score (nSPS) is 13.5. The van der Waals surface area contributed by atoms with E-state index in [0.29, 0.717) is 17.1 Å². The highest BCUT2D eigenvalue weighted by atomic mass is 35.5. The van der Waals surface area contributed by atoms with Crippen LogP contribution in [0.2, 0.25) is 5.02 Å². The van der Waals surface area contributed by atoms with Gasteiger partial charge in [0.2, 0.25) is 0 Å². The minimum atomic E-state index is -4.67. The van der Waals surface area contributed by atoms with Gasteiger partial charge in [0.25, 0.3) is 0 Å². The molecule has 0 fully saturated rings. The van der Waals surface area contributed by atoms with Gasteiger partial charge in [-0.15, -0.1) is 11.3 Å². The SMILES string of the molecule is CC(=O)Oc1ccccc1C(=O)O.O=C(O)[C@H](c1ccccc1Cl)N1CCc2sccc2C1.O=S(=O)(O)O. The molecule has 14 heteroatoms. The van der Waals surface area contributed by atoms with Crippen LogP contribution in [-0.2, 0) is 33.0 Å². The maximum atomic E-state index is 11.7. The van der Waals surface area contributed by atoms with Crippen molar-refractivity contribution in [1.82, 2.24) is 4.90 Å². The molecular weight excluding hydrogens is 562 g/mol. The van der Waals surface area contributed by atoms with Gasteiger partial charge in [0.15, 0.2) is 0 Å². The number of halogens is 1. The van der Waals surface area contributed by atoms with Crippen molar-refractivity contribution in [3.63, 3.8) is 0 Å². The molecule has 0 saturated carbocycles. The number of hydrogen-bond donors (Lipinski definition) is 4. The standard InChI is InChI=1S/C15H14ClNO2S.C9H8O4.H2O4S/c16-12-4-2-1-3-11(12)14(15(18)19)17-7-5-13-10(9-17)6-8-20-13;1-6(10)13-8-5-3-2-4-7(8)9(11)12;1-5(2,3)4/h1-4,6,8,14H,5,7,9H2,(H,18,19);2-5H,1H3,(H,11,12);(H2,1,2,3,4)/t14-;;/m0../s1. The molecule has 0 unspecified atom stereocenters. The van der Waals surface area contributed by atoms with Crippen molar-refractivity contribution in [1.29, 1.82) is 0 Å². The number of carbonyl (C=O) groups is 3. The highest BCUT2D eigenvalue weighted by Crippen LogP contribution is 2.33. The summed E-state index contributed by atoms with van der Waals surface area (Å²) < 4.78 is 36.3. The number of aromatic carboxylic acids is 1. The third-order valence-corrected chi connectivity index (χ3v) is 6.37. The van der Waals surface area contributed by atoms with E-state index in [-0.39, 0.29) is 11.3 Å². The Kier molecular flexibility index (Phi) is 11.4. The van der Waals surface area contributed by atoms with Crippen LogP contribution in [0.5, 0.6) is 5.75 Å². The fourth-order valence-electron chi connectivity index (χ4n) is 3.56. The molecule has 1 aliphatic rings. The van der Waals surface area contributed by atoms with Crippen molar-refractivity contribution in [2.24, 2.45) is 0 Å². The highest BCUT2D eigenvalue weighted by Gasteiger charge is 2.31. The molecule has 0 radical (unpaired) electrons. The van der Waals surface area contributed by atoms with Gasteiger partial charge in [-0.25, -0.2) is 4.79 Å². The van der Waals surface area contributed by atoms with Crippen molar-refractivity contribution in [2.45, 2.75) is 25.9 Å². The molecule has 1 aromatic heterocycles. The molecule has 11 nitrogen and oxygen atoms in total. The Balaban J connectivity index is 0.000000242. The Morgan fingerprint density at radius 3 is 2.21 bits per heavy atom. The monoisotopic (exact) mass is 585 g/mol. The van der Waals surface area contributed by atoms with Gasteiger partial charge in [0.05, 0.1) is 0 Å². The second-order valence-corrected chi connectivity index (χ2v) is 10.00. The van der Waals surface area contributed by atoms with Crippen molar-refractivity contribution in [3.05, 3.63) is 86.6 Å². The molecular formula is C24H24ClNO10S2. The lowest BCUT2D eigenvalue weighted by molar-refractivity contribution is -0.144. The average molecular weight is 586 g/mol. The van der Waals surface area contributed by atoms with E-state index in [1.165, 1.54) is 29.5 Å². The number of esters is 1. The Morgan fingerprint density at radius 2 is 1.63 bits per heavy atom. The molecule has 4 rings (SSSR count). The summed E-state index contributed by atoms with van der Waals surface area (Å²) in [5.41, 5.74) is 1.89. The quantitative estimate of drug-likeness (QED) is 0.191. The van der Waals surface area contributed by atoms with Crippen LogP contribution >= 0.6 is 22.9 Å². The second-order valence-electron chi connectivity index (χ2n) is 7.69. The molecule has 4 N–H and O–H groups in total. The van der Waals surface area contributed by atoms with E-state index in [1.54, 1.807) is 35.6 Å². The van der Waals surface area contributed by atoms with Crippen molar-refractivity contribution < 1.29 is 46.9 Å². The number of nitrogens with zero attached hydrogens (tertiary/aromatic N) is 1. The lowest BCUT2D eigenvalue weighted by atomic mass is 10.0. The first-order valence-electron chi connectivity index (χ1n) is 10.7. The van der Waals surface area contributed by atoms with Crippen LogP contribution in [0.4, 0.5) is 0 Å². The zero-order chi connectivity index (χ0) is 28.5. The number of rotatable bonds is 5. The van der Waals surface area contributed by atoms with Gasteiger partial charge in [-0.3, -0.25) is 23.6 Å². The molecule has 38 heavy (non-hydrogen) atoms. The number of carbonyl (C=O) groups excluding carboxylic acids is 1. The van der Waals surface area contributed by atoms with E-state index in [4.69, 9.17) is 34.2 Å². The average Bonchev–Trinajstić information content (AvgIpc) is 3.28. The summed E-state index contributed by atoms with van der Waals surface area (Å²) >= 11 is 7.92. The first-order valence-corrected chi connectivity index (χ1v) is 13.4. The van der Waals surface area contributed by atoms with Gasteiger partial charge < -0.3 is 14.9 Å². The lowest BCUT2D eigenvalue weighted by Gasteiger charge is -2.32. The van der Waals surface area contributed by atoms with Crippen LogP contribution in [0.25, 0.3) is 0 Å².